The van der Waals surface area contributed by atoms with Gasteiger partial charge in [-0.2, -0.15) is 0 Å². The van der Waals surface area contributed by atoms with Gasteiger partial charge in [-0.15, -0.1) is 0 Å². The lowest BCUT2D eigenvalue weighted by atomic mass is 9.99. The van der Waals surface area contributed by atoms with Gasteiger partial charge in [0.05, 0.1) is 5.60 Å². The third kappa shape index (κ3) is 4.58. The number of rotatable bonds is 5. The maximum atomic E-state index is 12.2. The van der Waals surface area contributed by atoms with Crippen LogP contribution in [-0.2, 0) is 4.74 Å². The van der Waals surface area contributed by atoms with Gasteiger partial charge in [-0.05, 0) is 53.0 Å². The molecule has 2 aliphatic heterocycles. The second-order valence-electron chi connectivity index (χ2n) is 7.18. The number of amides is 2. The van der Waals surface area contributed by atoms with Crippen LogP contribution in [0.1, 0.15) is 52.9 Å². The Morgan fingerprint density at radius 3 is 2.81 bits per heavy atom. The van der Waals surface area contributed by atoms with Gasteiger partial charge in [0, 0.05) is 31.8 Å². The topological polar surface area (TPSA) is 53.6 Å². The summed E-state index contributed by atoms with van der Waals surface area (Å²) in [6.45, 7) is 8.44. The van der Waals surface area contributed by atoms with Crippen LogP contribution in [0.2, 0.25) is 0 Å². The molecule has 2 saturated heterocycles. The molecule has 3 unspecified atom stereocenters. The lowest BCUT2D eigenvalue weighted by Crippen LogP contribution is -2.51. The molecule has 2 heterocycles. The number of nitrogens with one attached hydrogen (secondary N) is 2. The van der Waals surface area contributed by atoms with Crippen LogP contribution in [-0.4, -0.2) is 54.9 Å². The zero-order valence-electron chi connectivity index (χ0n) is 13.9. The molecule has 0 saturated carbocycles. The average molecular weight is 297 g/mol. The van der Waals surface area contributed by atoms with E-state index in [1.165, 1.54) is 25.8 Å². The molecule has 0 bridgehead atoms. The van der Waals surface area contributed by atoms with Crippen LogP contribution < -0.4 is 10.6 Å². The summed E-state index contributed by atoms with van der Waals surface area (Å²) in [5.41, 5.74) is -0.208. The van der Waals surface area contributed by atoms with E-state index >= 15 is 0 Å². The summed E-state index contributed by atoms with van der Waals surface area (Å²) in [6.07, 6.45) is 5.70. The molecule has 0 radical (unpaired) electrons. The zero-order chi connectivity index (χ0) is 15.5. The number of piperidine rings is 1. The van der Waals surface area contributed by atoms with Gasteiger partial charge < -0.3 is 15.4 Å². The summed E-state index contributed by atoms with van der Waals surface area (Å²) in [6, 6.07) is 0.929. The van der Waals surface area contributed by atoms with E-state index in [1.54, 1.807) is 7.11 Å². The molecule has 0 spiro atoms. The summed E-state index contributed by atoms with van der Waals surface area (Å²) >= 11 is 0. The minimum atomic E-state index is -0.208. The smallest absolute Gasteiger partial charge is 0.315 e. The molecule has 5 nitrogen and oxygen atoms in total. The van der Waals surface area contributed by atoms with Crippen molar-refractivity contribution in [2.45, 2.75) is 76.6 Å². The second-order valence-corrected chi connectivity index (χ2v) is 7.18. The number of hydrogen-bond acceptors (Lipinski definition) is 3. The molecule has 0 aromatic carbocycles. The highest BCUT2D eigenvalue weighted by atomic mass is 16.5. The van der Waals surface area contributed by atoms with Crippen LogP contribution in [0.3, 0.4) is 0 Å². The van der Waals surface area contributed by atoms with Crippen molar-refractivity contribution in [3.05, 3.63) is 0 Å². The largest absolute Gasteiger partial charge is 0.379 e. The Balaban J connectivity index is 1.77. The normalized spacial score (nSPS) is 28.0. The van der Waals surface area contributed by atoms with Gasteiger partial charge in [-0.25, -0.2) is 4.79 Å². The maximum Gasteiger partial charge on any atom is 0.315 e. The van der Waals surface area contributed by atoms with Crippen molar-refractivity contribution in [2.75, 3.05) is 20.2 Å². The molecule has 0 aliphatic carbocycles. The first-order valence-electron chi connectivity index (χ1n) is 8.27. The lowest BCUT2D eigenvalue weighted by molar-refractivity contribution is 0.00947. The van der Waals surface area contributed by atoms with E-state index in [0.29, 0.717) is 12.1 Å². The fourth-order valence-corrected chi connectivity index (χ4v) is 3.72. The number of hydrogen-bond donors (Lipinski definition) is 2. The number of carbonyl (C=O) groups is 1. The van der Waals surface area contributed by atoms with E-state index in [2.05, 4.69) is 15.5 Å². The predicted octanol–water partition coefficient (Wildman–Crippen LogP) is 2.12. The van der Waals surface area contributed by atoms with E-state index in [0.717, 1.165) is 19.4 Å². The van der Waals surface area contributed by atoms with Crippen LogP contribution in [0.25, 0.3) is 0 Å². The fraction of sp³-hybridized carbons (Fsp3) is 0.938. The van der Waals surface area contributed by atoms with E-state index in [1.807, 2.05) is 20.8 Å². The fourth-order valence-electron chi connectivity index (χ4n) is 3.72. The van der Waals surface area contributed by atoms with E-state index < -0.39 is 0 Å². The van der Waals surface area contributed by atoms with Crippen LogP contribution in [0.15, 0.2) is 0 Å². The van der Waals surface area contributed by atoms with E-state index in [-0.39, 0.29) is 17.7 Å². The van der Waals surface area contributed by atoms with Gasteiger partial charge in [-0.1, -0.05) is 6.42 Å². The number of methoxy groups -OCH3 is 1. The number of carbonyl (C=O) groups excluding carboxylic acids is 1. The van der Waals surface area contributed by atoms with Crippen LogP contribution in [0.5, 0.6) is 0 Å². The standard InChI is InChI=1S/C16H31N3O2/c1-12(11-16(2,3)21-4)17-15(20)18-13-8-10-19-9-6-5-7-14(13)19/h12-14H,5-11H2,1-4H3,(H2,17,18,20). The molecular weight excluding hydrogens is 266 g/mol. The Hall–Kier alpha value is -0.810. The molecule has 2 aliphatic rings. The van der Waals surface area contributed by atoms with E-state index in [9.17, 15) is 4.79 Å². The molecule has 0 aromatic heterocycles. The first-order valence-corrected chi connectivity index (χ1v) is 8.27. The molecule has 2 rings (SSSR count). The van der Waals surface area contributed by atoms with Crippen molar-refractivity contribution in [1.29, 1.82) is 0 Å². The molecule has 3 atom stereocenters. The molecule has 2 N–H and O–H groups in total. The molecule has 122 valence electrons. The Morgan fingerprint density at radius 2 is 2.10 bits per heavy atom. The van der Waals surface area contributed by atoms with Crippen molar-refractivity contribution in [3.8, 4) is 0 Å². The molecule has 2 amide bonds. The van der Waals surface area contributed by atoms with Crippen molar-refractivity contribution >= 4 is 6.03 Å². The van der Waals surface area contributed by atoms with Gasteiger partial charge >= 0.3 is 6.03 Å². The molecule has 0 aromatic rings. The van der Waals surface area contributed by atoms with Crippen molar-refractivity contribution < 1.29 is 9.53 Å². The third-order valence-electron chi connectivity index (χ3n) is 4.90. The van der Waals surface area contributed by atoms with Crippen LogP contribution in [0, 0.1) is 0 Å². The molecule has 5 heteroatoms. The minimum absolute atomic E-state index is 0.0353. The highest BCUT2D eigenvalue weighted by Crippen LogP contribution is 2.27. The monoisotopic (exact) mass is 297 g/mol. The summed E-state index contributed by atoms with van der Waals surface area (Å²) in [5, 5.41) is 6.22. The number of ether oxygens (including phenoxy) is 1. The van der Waals surface area contributed by atoms with Crippen LogP contribution in [0.4, 0.5) is 4.79 Å². The van der Waals surface area contributed by atoms with Gasteiger partial charge in [-0.3, -0.25) is 4.90 Å². The highest BCUT2D eigenvalue weighted by molar-refractivity contribution is 5.74. The van der Waals surface area contributed by atoms with Gasteiger partial charge in [0.2, 0.25) is 0 Å². The summed E-state index contributed by atoms with van der Waals surface area (Å²) in [5.74, 6) is 0. The van der Waals surface area contributed by atoms with Crippen LogP contribution >= 0.6 is 0 Å². The summed E-state index contributed by atoms with van der Waals surface area (Å²) in [4.78, 5) is 14.7. The molecule has 2 fully saturated rings. The van der Waals surface area contributed by atoms with Gasteiger partial charge in [0.1, 0.15) is 0 Å². The number of nitrogens with zero attached hydrogens (tertiary/aromatic N) is 1. The number of fused-ring (bicyclic) bond motifs is 1. The van der Waals surface area contributed by atoms with Gasteiger partial charge in [0.25, 0.3) is 0 Å². The van der Waals surface area contributed by atoms with Crippen molar-refractivity contribution in [2.24, 2.45) is 0 Å². The molecular formula is C16H31N3O2. The van der Waals surface area contributed by atoms with E-state index in [4.69, 9.17) is 4.74 Å². The second kappa shape index (κ2) is 6.97. The molecule has 21 heavy (non-hydrogen) atoms. The summed E-state index contributed by atoms with van der Waals surface area (Å²) < 4.78 is 5.42. The van der Waals surface area contributed by atoms with Gasteiger partial charge in [0.15, 0.2) is 0 Å². The van der Waals surface area contributed by atoms with Crippen molar-refractivity contribution in [3.63, 3.8) is 0 Å². The Kier molecular flexibility index (Phi) is 5.49. The third-order valence-corrected chi connectivity index (χ3v) is 4.90. The Bertz CT molecular complexity index is 359. The zero-order valence-corrected chi connectivity index (χ0v) is 13.9. The lowest BCUT2D eigenvalue weighted by Gasteiger charge is -2.33. The average Bonchev–Trinajstić information content (AvgIpc) is 2.81. The Labute approximate surface area is 128 Å². The first-order chi connectivity index (χ1) is 9.91. The quantitative estimate of drug-likeness (QED) is 0.817. The minimum Gasteiger partial charge on any atom is -0.379 e. The number of urea groups is 1. The maximum absolute atomic E-state index is 12.2. The SMILES string of the molecule is COC(C)(C)CC(C)NC(=O)NC1CCN2CCCCC12. The predicted molar refractivity (Wildman–Crippen MR) is 84.5 cm³/mol. The summed E-state index contributed by atoms with van der Waals surface area (Å²) in [7, 11) is 1.71. The highest BCUT2D eigenvalue weighted by Gasteiger charge is 2.36. The van der Waals surface area contributed by atoms with Crippen molar-refractivity contribution in [1.82, 2.24) is 15.5 Å². The first kappa shape index (κ1) is 16.6. The Morgan fingerprint density at radius 1 is 1.33 bits per heavy atom.